The standard InChI is InChI=1S/C24H23NO5S/c1-15-9-11-19(12-10-15)31(28,29)25-14-18-13-20(26)21(17-7-5-4-6-8-17)22(18)23(25)16(2)24(27)30-3/h4-12,18,23H,2,13-14H2,1,3H3. The molecule has 0 radical (unpaired) electrons. The van der Waals surface area contributed by atoms with Crippen LogP contribution < -0.4 is 0 Å². The molecule has 2 unspecified atom stereocenters. The predicted octanol–water partition coefficient (Wildman–Crippen LogP) is 3.14. The number of ether oxygens (including phenoxy) is 1. The molecule has 1 aliphatic heterocycles. The SMILES string of the molecule is C=C(C(=O)OC)C1C2=C(c3ccccc3)C(=O)CC2CN1S(=O)(=O)c1ccc(C)cc1. The van der Waals surface area contributed by atoms with Crippen molar-refractivity contribution in [1.29, 1.82) is 0 Å². The number of carbonyl (C=O) groups excluding carboxylic acids is 2. The molecule has 2 aromatic rings. The Labute approximate surface area is 181 Å². The van der Waals surface area contributed by atoms with Crippen LogP contribution >= 0.6 is 0 Å². The number of fused-ring (bicyclic) bond motifs is 1. The summed E-state index contributed by atoms with van der Waals surface area (Å²) in [6.45, 7) is 5.85. The first-order valence-electron chi connectivity index (χ1n) is 9.94. The van der Waals surface area contributed by atoms with E-state index in [4.69, 9.17) is 4.74 Å². The fourth-order valence-corrected chi connectivity index (χ4v) is 6.07. The van der Waals surface area contributed by atoms with E-state index in [0.717, 1.165) is 5.56 Å². The van der Waals surface area contributed by atoms with Crippen LogP contribution in [0.3, 0.4) is 0 Å². The lowest BCUT2D eigenvalue weighted by atomic mass is 9.92. The molecule has 2 aliphatic rings. The quantitative estimate of drug-likeness (QED) is 0.530. The molecule has 1 fully saturated rings. The van der Waals surface area contributed by atoms with E-state index >= 15 is 0 Å². The molecule has 6 nitrogen and oxygen atoms in total. The second-order valence-corrected chi connectivity index (χ2v) is 9.72. The molecule has 1 saturated heterocycles. The number of Topliss-reactive ketones (excluding diaryl/α,β-unsaturated/α-hetero) is 1. The molecule has 7 heteroatoms. The van der Waals surface area contributed by atoms with Crippen molar-refractivity contribution in [1.82, 2.24) is 4.31 Å². The van der Waals surface area contributed by atoms with Gasteiger partial charge in [-0.1, -0.05) is 54.6 Å². The van der Waals surface area contributed by atoms with Crippen LogP contribution in [-0.4, -0.2) is 44.2 Å². The van der Waals surface area contributed by atoms with Crippen molar-refractivity contribution in [2.45, 2.75) is 24.3 Å². The van der Waals surface area contributed by atoms with Gasteiger partial charge >= 0.3 is 5.97 Å². The Bertz CT molecular complexity index is 1200. The summed E-state index contributed by atoms with van der Waals surface area (Å²) < 4.78 is 33.2. The Kier molecular flexibility index (Phi) is 5.41. The fraction of sp³-hybridized carbons (Fsp3) is 0.250. The van der Waals surface area contributed by atoms with Gasteiger partial charge in [0, 0.05) is 24.5 Å². The first kappa shape index (κ1) is 21.2. The molecule has 0 N–H and O–H groups in total. The van der Waals surface area contributed by atoms with Crippen molar-refractivity contribution in [3.05, 3.63) is 83.4 Å². The van der Waals surface area contributed by atoms with Gasteiger partial charge in [-0.25, -0.2) is 13.2 Å². The second-order valence-electron chi connectivity index (χ2n) is 7.83. The Hall–Kier alpha value is -3.03. The summed E-state index contributed by atoms with van der Waals surface area (Å²) >= 11 is 0. The smallest absolute Gasteiger partial charge is 0.335 e. The number of allylic oxidation sites excluding steroid dienone is 1. The van der Waals surface area contributed by atoms with E-state index in [2.05, 4.69) is 6.58 Å². The van der Waals surface area contributed by atoms with E-state index < -0.39 is 22.0 Å². The minimum absolute atomic E-state index is 0.00109. The number of hydrogen-bond donors (Lipinski definition) is 0. The van der Waals surface area contributed by atoms with Crippen molar-refractivity contribution >= 4 is 27.3 Å². The monoisotopic (exact) mass is 437 g/mol. The number of methoxy groups -OCH3 is 1. The molecule has 31 heavy (non-hydrogen) atoms. The summed E-state index contributed by atoms with van der Waals surface area (Å²) in [6.07, 6.45) is 0.199. The summed E-state index contributed by atoms with van der Waals surface area (Å²) in [5.41, 5.74) is 2.75. The molecule has 1 heterocycles. The van der Waals surface area contributed by atoms with E-state index in [0.29, 0.717) is 16.7 Å². The number of aryl methyl sites for hydroxylation is 1. The zero-order chi connectivity index (χ0) is 22.3. The van der Waals surface area contributed by atoms with E-state index in [-0.39, 0.29) is 35.1 Å². The van der Waals surface area contributed by atoms with Crippen molar-refractivity contribution in [3.8, 4) is 0 Å². The topological polar surface area (TPSA) is 80.8 Å². The molecule has 1 aliphatic carbocycles. The minimum Gasteiger partial charge on any atom is -0.466 e. The maximum absolute atomic E-state index is 13.6. The largest absolute Gasteiger partial charge is 0.466 e. The molecule has 2 aromatic carbocycles. The third-order valence-electron chi connectivity index (χ3n) is 5.89. The van der Waals surface area contributed by atoms with Crippen LogP contribution in [0.1, 0.15) is 17.5 Å². The van der Waals surface area contributed by atoms with Crippen LogP contribution in [0.4, 0.5) is 0 Å². The molecule has 4 rings (SSSR count). The summed E-state index contributed by atoms with van der Waals surface area (Å²) in [5, 5.41) is 0. The Morgan fingerprint density at radius 1 is 1.10 bits per heavy atom. The third-order valence-corrected chi connectivity index (χ3v) is 7.73. The van der Waals surface area contributed by atoms with Gasteiger partial charge in [-0.15, -0.1) is 0 Å². The molecule has 0 bridgehead atoms. The highest BCUT2D eigenvalue weighted by Gasteiger charge is 2.51. The van der Waals surface area contributed by atoms with Gasteiger partial charge in [0.2, 0.25) is 10.0 Å². The average molecular weight is 438 g/mol. The lowest BCUT2D eigenvalue weighted by molar-refractivity contribution is -0.136. The molecular weight excluding hydrogens is 414 g/mol. The van der Waals surface area contributed by atoms with Gasteiger partial charge in [-0.2, -0.15) is 4.31 Å². The molecule has 0 saturated carbocycles. The molecule has 160 valence electrons. The number of rotatable bonds is 5. The van der Waals surface area contributed by atoms with E-state index in [9.17, 15) is 18.0 Å². The number of benzene rings is 2. The van der Waals surface area contributed by atoms with E-state index in [1.165, 1.54) is 11.4 Å². The molecule has 2 atom stereocenters. The van der Waals surface area contributed by atoms with Crippen LogP contribution in [0.25, 0.3) is 5.57 Å². The highest BCUT2D eigenvalue weighted by molar-refractivity contribution is 7.89. The van der Waals surface area contributed by atoms with Gasteiger partial charge in [-0.3, -0.25) is 4.79 Å². The molecule has 0 aromatic heterocycles. The molecular formula is C24H23NO5S. The van der Waals surface area contributed by atoms with Crippen LogP contribution in [0.5, 0.6) is 0 Å². The van der Waals surface area contributed by atoms with E-state index in [1.807, 2.05) is 37.3 Å². The van der Waals surface area contributed by atoms with Gasteiger partial charge in [0.05, 0.1) is 23.6 Å². The van der Waals surface area contributed by atoms with Crippen LogP contribution in [0.2, 0.25) is 0 Å². The maximum Gasteiger partial charge on any atom is 0.335 e. The zero-order valence-electron chi connectivity index (χ0n) is 17.4. The summed E-state index contributed by atoms with van der Waals surface area (Å²) in [4.78, 5) is 25.4. The predicted molar refractivity (Wildman–Crippen MR) is 116 cm³/mol. The zero-order valence-corrected chi connectivity index (χ0v) is 18.2. The van der Waals surface area contributed by atoms with Crippen molar-refractivity contribution in [2.75, 3.05) is 13.7 Å². The number of carbonyl (C=O) groups is 2. The normalized spacial score (nSPS) is 21.3. The number of esters is 1. The Morgan fingerprint density at radius 2 is 1.74 bits per heavy atom. The lowest BCUT2D eigenvalue weighted by Crippen LogP contribution is -2.39. The second kappa shape index (κ2) is 7.90. The highest BCUT2D eigenvalue weighted by atomic mass is 32.2. The Balaban J connectivity index is 1.89. The molecule has 0 amide bonds. The van der Waals surface area contributed by atoms with Crippen LogP contribution in [0.15, 0.2) is 77.2 Å². The minimum atomic E-state index is -3.94. The van der Waals surface area contributed by atoms with Crippen LogP contribution in [-0.2, 0) is 24.3 Å². The van der Waals surface area contributed by atoms with Crippen molar-refractivity contribution < 1.29 is 22.7 Å². The first-order valence-corrected chi connectivity index (χ1v) is 11.4. The van der Waals surface area contributed by atoms with E-state index in [1.54, 1.807) is 24.3 Å². The average Bonchev–Trinajstić information content (AvgIpc) is 3.28. The fourth-order valence-electron chi connectivity index (χ4n) is 4.42. The van der Waals surface area contributed by atoms with Gasteiger partial charge in [0.15, 0.2) is 5.78 Å². The first-order chi connectivity index (χ1) is 14.8. The summed E-state index contributed by atoms with van der Waals surface area (Å²) in [5.74, 6) is -1.07. The summed E-state index contributed by atoms with van der Waals surface area (Å²) in [6, 6.07) is 14.7. The summed E-state index contributed by atoms with van der Waals surface area (Å²) in [7, 11) is -2.71. The maximum atomic E-state index is 13.6. The van der Waals surface area contributed by atoms with Crippen molar-refractivity contribution in [3.63, 3.8) is 0 Å². The lowest BCUT2D eigenvalue weighted by Gasteiger charge is -2.26. The molecule has 0 spiro atoms. The van der Waals surface area contributed by atoms with Gasteiger partial charge in [0.1, 0.15) is 0 Å². The number of nitrogens with zero attached hydrogens (tertiary/aromatic N) is 1. The number of hydrogen-bond acceptors (Lipinski definition) is 5. The third kappa shape index (κ3) is 3.54. The van der Waals surface area contributed by atoms with Gasteiger partial charge in [-0.05, 0) is 30.2 Å². The van der Waals surface area contributed by atoms with Gasteiger partial charge in [0.25, 0.3) is 0 Å². The number of sulfonamides is 1. The highest BCUT2D eigenvalue weighted by Crippen LogP contribution is 2.47. The number of ketones is 1. The Morgan fingerprint density at radius 3 is 2.35 bits per heavy atom. The van der Waals surface area contributed by atoms with Crippen LogP contribution in [0, 0.1) is 12.8 Å². The van der Waals surface area contributed by atoms with Gasteiger partial charge < -0.3 is 4.74 Å². The van der Waals surface area contributed by atoms with Crippen molar-refractivity contribution in [2.24, 2.45) is 5.92 Å².